The molecule has 3 aliphatic rings. The summed E-state index contributed by atoms with van der Waals surface area (Å²) < 4.78 is 12.4. The van der Waals surface area contributed by atoms with Crippen LogP contribution in [0.4, 0.5) is 0 Å². The van der Waals surface area contributed by atoms with Crippen LogP contribution in [-0.2, 0) is 9.47 Å². The molecule has 0 unspecified atom stereocenters. The van der Waals surface area contributed by atoms with Crippen LogP contribution in [-0.4, -0.2) is 22.9 Å². The van der Waals surface area contributed by atoms with Crippen LogP contribution in [0.1, 0.15) is 38.5 Å². The Morgan fingerprint density at radius 1 is 0.929 bits per heavy atom. The van der Waals surface area contributed by atoms with Gasteiger partial charge in [0.05, 0.1) is 13.2 Å². The van der Waals surface area contributed by atoms with Crippen molar-refractivity contribution in [2.24, 2.45) is 5.41 Å². The lowest BCUT2D eigenvalue weighted by Gasteiger charge is -2.51. The Morgan fingerprint density at radius 3 is 2.00 bits per heavy atom. The maximum Gasteiger partial charge on any atom is 0.168 e. The fraction of sp³-hybridized carbons (Fsp3) is 1.00. The second kappa shape index (κ2) is 3.32. The molecule has 1 saturated heterocycles. The molecule has 1 aliphatic heterocycles. The van der Waals surface area contributed by atoms with Gasteiger partial charge in [-0.3, -0.25) is 0 Å². The molecule has 0 bridgehead atoms. The molecule has 2 nitrogen and oxygen atoms in total. The first kappa shape index (κ1) is 9.85. The lowest BCUT2D eigenvalue weighted by Crippen LogP contribution is -2.46. The van der Waals surface area contributed by atoms with Gasteiger partial charge in [-0.15, -0.1) is 0 Å². The Labute approximate surface area is 98.9 Å². The van der Waals surface area contributed by atoms with Gasteiger partial charge in [-0.05, 0) is 31.1 Å². The van der Waals surface area contributed by atoms with Gasteiger partial charge in [0, 0.05) is 16.8 Å². The van der Waals surface area contributed by atoms with Crippen molar-refractivity contribution in [3.63, 3.8) is 0 Å². The minimum atomic E-state index is -0.151. The maximum atomic E-state index is 5.75. The van der Waals surface area contributed by atoms with E-state index < -0.39 is 0 Å². The Bertz CT molecular complexity index is 217. The molecule has 0 aromatic rings. The lowest BCUT2D eigenvalue weighted by atomic mass is 9.60. The number of rotatable bonds is 0. The van der Waals surface area contributed by atoms with E-state index in [9.17, 15) is 0 Å². The van der Waals surface area contributed by atoms with Crippen LogP contribution in [0, 0.1) is 5.41 Å². The van der Waals surface area contributed by atoms with Crippen LogP contribution in [0.3, 0.4) is 0 Å². The highest BCUT2D eigenvalue weighted by Gasteiger charge is 2.50. The first-order valence-electron chi connectivity index (χ1n) is 5.64. The zero-order valence-electron chi connectivity index (χ0n) is 8.43. The number of hydrogen-bond acceptors (Lipinski definition) is 2. The predicted molar refractivity (Wildman–Crippen MR) is 62.6 cm³/mol. The van der Waals surface area contributed by atoms with E-state index in [2.05, 4.69) is 22.6 Å². The minimum absolute atomic E-state index is 0.151. The highest BCUT2D eigenvalue weighted by Crippen LogP contribution is 2.57. The average molecular weight is 308 g/mol. The summed E-state index contributed by atoms with van der Waals surface area (Å²) in [5, 5.41) is 0. The van der Waals surface area contributed by atoms with Gasteiger partial charge in [0.2, 0.25) is 0 Å². The van der Waals surface area contributed by atoms with E-state index in [1.54, 1.807) is 0 Å². The van der Waals surface area contributed by atoms with E-state index in [1.165, 1.54) is 25.7 Å². The molecule has 0 atom stereocenters. The molecule has 2 aliphatic carbocycles. The maximum absolute atomic E-state index is 5.75. The van der Waals surface area contributed by atoms with Crippen molar-refractivity contribution < 1.29 is 9.47 Å². The van der Waals surface area contributed by atoms with Gasteiger partial charge in [-0.1, -0.05) is 22.6 Å². The van der Waals surface area contributed by atoms with Crippen molar-refractivity contribution >= 4 is 22.6 Å². The smallest absolute Gasteiger partial charge is 0.168 e. The van der Waals surface area contributed by atoms with Crippen molar-refractivity contribution in [3.8, 4) is 0 Å². The van der Waals surface area contributed by atoms with Crippen LogP contribution < -0.4 is 0 Å². The molecule has 2 spiro atoms. The Hall–Kier alpha value is 0.650. The van der Waals surface area contributed by atoms with E-state index in [1.807, 2.05) is 0 Å². The van der Waals surface area contributed by atoms with Gasteiger partial charge in [-0.25, -0.2) is 0 Å². The fourth-order valence-electron chi connectivity index (χ4n) is 3.24. The van der Waals surface area contributed by atoms with Crippen molar-refractivity contribution in [1.29, 1.82) is 0 Å². The predicted octanol–water partition coefficient (Wildman–Crippen LogP) is 2.89. The largest absolute Gasteiger partial charge is 0.348 e. The molecule has 80 valence electrons. The molecule has 2 saturated carbocycles. The first-order valence-corrected chi connectivity index (χ1v) is 6.89. The summed E-state index contributed by atoms with van der Waals surface area (Å²) in [4.78, 5) is 0. The summed E-state index contributed by atoms with van der Waals surface area (Å²) in [7, 11) is 0. The second-order valence-electron chi connectivity index (χ2n) is 5.11. The van der Waals surface area contributed by atoms with Gasteiger partial charge >= 0.3 is 0 Å². The van der Waals surface area contributed by atoms with Crippen LogP contribution in [0.15, 0.2) is 0 Å². The van der Waals surface area contributed by atoms with Crippen LogP contribution in [0.5, 0.6) is 0 Å². The summed E-state index contributed by atoms with van der Waals surface area (Å²) in [6.45, 7) is 1.61. The molecule has 14 heavy (non-hydrogen) atoms. The first-order chi connectivity index (χ1) is 6.72. The highest BCUT2D eigenvalue weighted by atomic mass is 127. The molecule has 0 aromatic carbocycles. The summed E-state index contributed by atoms with van der Waals surface area (Å²) >= 11 is 2.58. The minimum Gasteiger partial charge on any atom is -0.348 e. The van der Waals surface area contributed by atoms with Crippen molar-refractivity contribution in [1.82, 2.24) is 0 Å². The quantitative estimate of drug-likeness (QED) is 0.506. The summed E-state index contributed by atoms with van der Waals surface area (Å²) in [6, 6.07) is 0. The third-order valence-electron chi connectivity index (χ3n) is 4.20. The normalized spacial score (nSPS) is 34.9. The topological polar surface area (TPSA) is 18.5 Å². The third kappa shape index (κ3) is 1.52. The number of ether oxygens (including phenoxy) is 2. The van der Waals surface area contributed by atoms with E-state index in [0.717, 1.165) is 30.0 Å². The molecule has 3 heteroatoms. The molecule has 1 heterocycles. The SMILES string of the molecule is IC1CC2(CCC3(CC2)OCCO3)C1. The lowest BCUT2D eigenvalue weighted by molar-refractivity contribution is -0.197. The van der Waals surface area contributed by atoms with E-state index in [4.69, 9.17) is 9.47 Å². The zero-order chi connectivity index (χ0) is 9.65. The molecule has 3 fully saturated rings. The zero-order valence-corrected chi connectivity index (χ0v) is 10.6. The van der Waals surface area contributed by atoms with E-state index >= 15 is 0 Å². The molecule has 0 radical (unpaired) electrons. The Balaban J connectivity index is 1.62. The van der Waals surface area contributed by atoms with E-state index in [0.29, 0.717) is 5.41 Å². The molecular weight excluding hydrogens is 291 g/mol. The second-order valence-corrected chi connectivity index (χ2v) is 6.87. The molecule has 0 amide bonds. The van der Waals surface area contributed by atoms with Crippen LogP contribution in [0.2, 0.25) is 0 Å². The highest BCUT2D eigenvalue weighted by molar-refractivity contribution is 14.1. The van der Waals surface area contributed by atoms with E-state index in [-0.39, 0.29) is 5.79 Å². The third-order valence-corrected chi connectivity index (χ3v) is 5.08. The van der Waals surface area contributed by atoms with Gasteiger partial charge in [0.15, 0.2) is 5.79 Å². The molecule has 0 N–H and O–H groups in total. The molecular formula is C11H17IO2. The van der Waals surface area contributed by atoms with Crippen molar-refractivity contribution in [3.05, 3.63) is 0 Å². The fourth-order valence-corrected chi connectivity index (χ4v) is 5.10. The van der Waals surface area contributed by atoms with Crippen molar-refractivity contribution in [2.45, 2.75) is 48.2 Å². The van der Waals surface area contributed by atoms with Crippen LogP contribution in [0.25, 0.3) is 0 Å². The van der Waals surface area contributed by atoms with Gasteiger partial charge in [0.1, 0.15) is 0 Å². The Morgan fingerprint density at radius 2 is 1.50 bits per heavy atom. The number of hydrogen-bond donors (Lipinski definition) is 0. The Kier molecular flexibility index (Phi) is 2.33. The van der Waals surface area contributed by atoms with Crippen LogP contribution >= 0.6 is 22.6 Å². The van der Waals surface area contributed by atoms with Crippen molar-refractivity contribution in [2.75, 3.05) is 13.2 Å². The number of halogens is 1. The number of alkyl halides is 1. The molecule has 3 rings (SSSR count). The average Bonchev–Trinajstić information content (AvgIpc) is 2.57. The summed E-state index contributed by atoms with van der Waals surface area (Å²) in [6.07, 6.45) is 7.79. The van der Waals surface area contributed by atoms with Gasteiger partial charge < -0.3 is 9.47 Å². The van der Waals surface area contributed by atoms with Gasteiger partial charge in [-0.2, -0.15) is 0 Å². The molecule has 0 aromatic heterocycles. The standard InChI is InChI=1S/C11H17IO2/c12-9-7-10(8-9)1-3-11(4-2-10)13-5-6-14-11/h9H,1-8H2. The summed E-state index contributed by atoms with van der Waals surface area (Å²) in [5.41, 5.74) is 0.687. The monoisotopic (exact) mass is 308 g/mol. The van der Waals surface area contributed by atoms with Gasteiger partial charge in [0.25, 0.3) is 0 Å². The summed E-state index contributed by atoms with van der Waals surface area (Å²) in [5.74, 6) is -0.151.